The van der Waals surface area contributed by atoms with Crippen molar-refractivity contribution in [2.24, 2.45) is 5.92 Å². The van der Waals surface area contributed by atoms with Crippen LogP contribution in [0.5, 0.6) is 0 Å². The Morgan fingerprint density at radius 2 is 1.87 bits per heavy atom. The Labute approximate surface area is 178 Å². The van der Waals surface area contributed by atoms with Crippen LogP contribution in [-0.2, 0) is 31.7 Å². The average Bonchev–Trinajstić information content (AvgIpc) is 2.74. The molecule has 1 heterocycles. The van der Waals surface area contributed by atoms with E-state index in [1.54, 1.807) is 23.1 Å². The highest BCUT2D eigenvalue weighted by atomic mass is 32.2. The highest BCUT2D eigenvalue weighted by Gasteiger charge is 2.27. The molecule has 1 aliphatic rings. The Balaban J connectivity index is 1.52. The first-order valence-corrected chi connectivity index (χ1v) is 10.7. The summed E-state index contributed by atoms with van der Waals surface area (Å²) in [5, 5.41) is 3.61. The van der Waals surface area contributed by atoms with Gasteiger partial charge in [-0.15, -0.1) is 0 Å². The van der Waals surface area contributed by atoms with E-state index in [-0.39, 0.29) is 0 Å². The first-order valence-electron chi connectivity index (χ1n) is 9.68. The monoisotopic (exact) mass is 430 g/mol. The van der Waals surface area contributed by atoms with E-state index in [2.05, 4.69) is 21.7 Å². The van der Waals surface area contributed by atoms with Crippen molar-refractivity contribution in [1.82, 2.24) is 4.90 Å². The van der Waals surface area contributed by atoms with E-state index in [4.69, 9.17) is 0 Å². The van der Waals surface area contributed by atoms with Crippen molar-refractivity contribution in [3.63, 3.8) is 0 Å². The van der Waals surface area contributed by atoms with Gasteiger partial charge in [0.25, 0.3) is 0 Å². The molecule has 2 aromatic rings. The lowest BCUT2D eigenvalue weighted by atomic mass is 9.90. The number of hydrogen-bond acceptors (Lipinski definition) is 6. The van der Waals surface area contributed by atoms with E-state index in [0.29, 0.717) is 30.4 Å². The van der Waals surface area contributed by atoms with Crippen LogP contribution in [0.2, 0.25) is 0 Å². The first kappa shape index (κ1) is 21.9. The lowest BCUT2D eigenvalue weighted by Gasteiger charge is -2.31. The van der Waals surface area contributed by atoms with E-state index in [1.807, 2.05) is 18.2 Å². The molecule has 1 saturated heterocycles. The molecule has 8 nitrogen and oxygen atoms in total. The minimum atomic E-state index is -2.71. The van der Waals surface area contributed by atoms with Gasteiger partial charge in [0.15, 0.2) is 0 Å². The fraction of sp³-hybridized carbons (Fsp3) is 0.333. The van der Waals surface area contributed by atoms with Gasteiger partial charge in [0.2, 0.25) is 0 Å². The van der Waals surface area contributed by atoms with Crippen LogP contribution in [-0.4, -0.2) is 45.6 Å². The van der Waals surface area contributed by atoms with Crippen LogP contribution in [0.1, 0.15) is 18.4 Å². The average molecular weight is 431 g/mol. The number of rotatable bonds is 6. The molecule has 0 bridgehead atoms. The molecule has 1 fully saturated rings. The Bertz CT molecular complexity index is 901. The van der Waals surface area contributed by atoms with Gasteiger partial charge in [0, 0.05) is 25.8 Å². The molecular weight excluding hydrogens is 406 g/mol. The molecule has 2 aromatic carbocycles. The molecule has 1 aliphatic heterocycles. The van der Waals surface area contributed by atoms with Crippen molar-refractivity contribution < 1.29 is 22.6 Å². The summed E-state index contributed by atoms with van der Waals surface area (Å²) in [6, 6.07) is 16.6. The molecule has 3 rings (SSSR count). The van der Waals surface area contributed by atoms with Crippen LogP contribution in [0, 0.1) is 5.92 Å². The predicted molar refractivity (Wildman–Crippen MR) is 113 cm³/mol. The van der Waals surface area contributed by atoms with Crippen LogP contribution in [0.4, 0.5) is 11.4 Å². The van der Waals surface area contributed by atoms with Gasteiger partial charge in [-0.3, -0.25) is 9.59 Å². The highest BCUT2D eigenvalue weighted by Crippen LogP contribution is 2.22. The zero-order valence-corrected chi connectivity index (χ0v) is 17.5. The van der Waals surface area contributed by atoms with Gasteiger partial charge < -0.3 is 14.8 Å². The number of piperidine rings is 1. The summed E-state index contributed by atoms with van der Waals surface area (Å²) in [5.74, 6) is -0.785. The second kappa shape index (κ2) is 10.3. The molecule has 0 aliphatic carbocycles. The van der Waals surface area contributed by atoms with E-state index >= 15 is 0 Å². The summed E-state index contributed by atoms with van der Waals surface area (Å²) in [5.41, 5.74) is 2.07. The van der Waals surface area contributed by atoms with Crippen molar-refractivity contribution in [2.45, 2.75) is 19.3 Å². The SMILES string of the molecule is CN(OS(=O)[O-])c1cccc(NC(=O)C(=O)N2CCC(Cc3ccccc3)CC2)c1. The second-order valence-corrected chi connectivity index (χ2v) is 7.76. The van der Waals surface area contributed by atoms with Crippen LogP contribution in [0.25, 0.3) is 0 Å². The Morgan fingerprint density at radius 3 is 2.53 bits per heavy atom. The molecule has 160 valence electrons. The largest absolute Gasteiger partial charge is 0.748 e. The predicted octanol–water partition coefficient (Wildman–Crippen LogP) is 2.27. The highest BCUT2D eigenvalue weighted by molar-refractivity contribution is 7.74. The number of hydrogen-bond donors (Lipinski definition) is 1. The van der Waals surface area contributed by atoms with Gasteiger partial charge in [-0.2, -0.15) is 4.28 Å². The molecular formula is C21H24N3O5S-. The Hall–Kier alpha value is -2.75. The molecule has 9 heteroatoms. The van der Waals surface area contributed by atoms with Gasteiger partial charge >= 0.3 is 11.8 Å². The van der Waals surface area contributed by atoms with Gasteiger partial charge in [-0.25, -0.2) is 9.27 Å². The van der Waals surface area contributed by atoms with Crippen LogP contribution >= 0.6 is 0 Å². The van der Waals surface area contributed by atoms with Crippen molar-refractivity contribution in [3.05, 3.63) is 60.2 Å². The molecule has 0 aromatic heterocycles. The smallest absolute Gasteiger partial charge is 0.313 e. The third-order valence-corrected chi connectivity index (χ3v) is 5.45. The van der Waals surface area contributed by atoms with Gasteiger partial charge in [-0.05, 0) is 48.9 Å². The zero-order valence-electron chi connectivity index (χ0n) is 16.7. The van der Waals surface area contributed by atoms with E-state index in [9.17, 15) is 18.4 Å². The molecule has 1 atom stereocenters. The molecule has 0 radical (unpaired) electrons. The van der Waals surface area contributed by atoms with Crippen molar-refractivity contribution >= 4 is 34.6 Å². The number of amides is 2. The van der Waals surface area contributed by atoms with E-state index < -0.39 is 23.2 Å². The maximum Gasteiger partial charge on any atom is 0.313 e. The lowest BCUT2D eigenvalue weighted by molar-refractivity contribution is -0.144. The topological polar surface area (TPSA) is 102 Å². The Kier molecular flexibility index (Phi) is 7.56. The van der Waals surface area contributed by atoms with Gasteiger partial charge in [0.05, 0.1) is 5.69 Å². The molecule has 1 N–H and O–H groups in total. The molecule has 30 heavy (non-hydrogen) atoms. The number of benzene rings is 2. The molecule has 0 saturated carbocycles. The maximum absolute atomic E-state index is 12.5. The lowest BCUT2D eigenvalue weighted by Crippen LogP contribution is -2.44. The minimum Gasteiger partial charge on any atom is -0.748 e. The number of carbonyl (C=O) groups excluding carboxylic acids is 2. The third kappa shape index (κ3) is 6.12. The normalized spacial score (nSPS) is 15.5. The zero-order chi connectivity index (χ0) is 21.5. The fourth-order valence-corrected chi connectivity index (χ4v) is 3.80. The summed E-state index contributed by atoms with van der Waals surface area (Å²) in [6.45, 7) is 1.10. The second-order valence-electron chi connectivity index (χ2n) is 7.21. The maximum atomic E-state index is 12.5. The molecule has 0 spiro atoms. The van der Waals surface area contributed by atoms with Crippen LogP contribution < -0.4 is 10.4 Å². The minimum absolute atomic E-state index is 0.372. The summed E-state index contributed by atoms with van der Waals surface area (Å²) >= 11 is -2.71. The third-order valence-electron chi connectivity index (χ3n) is 5.10. The number of hydroxylamine groups is 1. The van der Waals surface area contributed by atoms with Gasteiger partial charge in [0.1, 0.15) is 11.4 Å². The van der Waals surface area contributed by atoms with E-state index in [0.717, 1.165) is 24.3 Å². The number of likely N-dealkylation sites (tertiary alicyclic amines) is 1. The summed E-state index contributed by atoms with van der Waals surface area (Å²) < 4.78 is 25.9. The first-order chi connectivity index (χ1) is 14.4. The van der Waals surface area contributed by atoms with Crippen molar-refractivity contribution in [3.8, 4) is 0 Å². The number of anilines is 2. The summed E-state index contributed by atoms with van der Waals surface area (Å²) in [4.78, 5) is 26.5. The summed E-state index contributed by atoms with van der Waals surface area (Å²) in [7, 11) is 1.42. The van der Waals surface area contributed by atoms with Crippen molar-refractivity contribution in [1.29, 1.82) is 0 Å². The fourth-order valence-electron chi connectivity index (χ4n) is 3.53. The Morgan fingerprint density at radius 1 is 1.17 bits per heavy atom. The number of nitrogens with zero attached hydrogens (tertiary/aromatic N) is 2. The molecule has 2 amide bonds. The van der Waals surface area contributed by atoms with Crippen LogP contribution in [0.15, 0.2) is 54.6 Å². The van der Waals surface area contributed by atoms with Gasteiger partial charge in [-0.1, -0.05) is 36.4 Å². The van der Waals surface area contributed by atoms with E-state index in [1.165, 1.54) is 18.7 Å². The quantitative estimate of drug-likeness (QED) is 0.429. The standard InChI is InChI=1S/C21H25N3O5S/c1-23(29-30(27)28)19-9-5-8-18(15-19)22-20(25)21(26)24-12-10-17(11-13-24)14-16-6-3-2-4-7-16/h2-9,15,17H,10-14H2,1H3,(H,22,25)(H,27,28)/p-1. The number of carbonyl (C=O) groups is 2. The molecule has 1 unspecified atom stereocenters. The summed E-state index contributed by atoms with van der Waals surface area (Å²) in [6.07, 6.45) is 2.70. The number of nitrogens with one attached hydrogen (secondary N) is 1. The van der Waals surface area contributed by atoms with Crippen molar-refractivity contribution in [2.75, 3.05) is 30.5 Å². The van der Waals surface area contributed by atoms with Crippen LogP contribution in [0.3, 0.4) is 0 Å².